The summed E-state index contributed by atoms with van der Waals surface area (Å²) in [5.41, 5.74) is 1.92. The number of anilines is 2. The summed E-state index contributed by atoms with van der Waals surface area (Å²) >= 11 is 0. The lowest BCUT2D eigenvalue weighted by molar-refractivity contribution is -0.120. The molecule has 2 N–H and O–H groups in total. The van der Waals surface area contributed by atoms with Crippen LogP contribution < -0.4 is 20.1 Å². The molecule has 0 radical (unpaired) electrons. The number of benzene rings is 2. The van der Waals surface area contributed by atoms with Crippen LogP contribution in [0.5, 0.6) is 11.5 Å². The van der Waals surface area contributed by atoms with Gasteiger partial charge in [0.1, 0.15) is 11.5 Å². The fourth-order valence-electron chi connectivity index (χ4n) is 1.85. The predicted molar refractivity (Wildman–Crippen MR) is 83.5 cm³/mol. The summed E-state index contributed by atoms with van der Waals surface area (Å²) in [5.74, 6) is 1.05. The van der Waals surface area contributed by atoms with Crippen molar-refractivity contribution in [2.24, 2.45) is 0 Å². The third-order valence-corrected chi connectivity index (χ3v) is 2.95. The van der Waals surface area contributed by atoms with E-state index in [-0.39, 0.29) is 0 Å². The maximum atomic E-state index is 12.0. The Balaban J connectivity index is 2.05. The topological polar surface area (TPSA) is 76.7 Å². The zero-order chi connectivity index (χ0) is 15.9. The van der Waals surface area contributed by atoms with Crippen LogP contribution in [0.1, 0.15) is 5.56 Å². The average Bonchev–Trinajstić information content (AvgIpc) is 2.51. The van der Waals surface area contributed by atoms with Gasteiger partial charge in [-0.05, 0) is 30.7 Å². The number of aryl methyl sites for hydroxylation is 1. The maximum Gasteiger partial charge on any atom is 0.323 e. The summed E-state index contributed by atoms with van der Waals surface area (Å²) in [5, 5.41) is 5.36. The SMILES string of the molecule is COc1cccc(NC(=O)Nc2ccc(C)c(OC=O)c2)c1. The number of hydrogen-bond donors (Lipinski definition) is 2. The van der Waals surface area contributed by atoms with Crippen molar-refractivity contribution in [1.82, 2.24) is 0 Å². The van der Waals surface area contributed by atoms with Crippen molar-refractivity contribution in [3.63, 3.8) is 0 Å². The van der Waals surface area contributed by atoms with Crippen molar-refractivity contribution in [3.05, 3.63) is 48.0 Å². The minimum atomic E-state index is -0.408. The maximum absolute atomic E-state index is 12.0. The summed E-state index contributed by atoms with van der Waals surface area (Å²) in [6, 6.07) is 11.7. The zero-order valence-electron chi connectivity index (χ0n) is 12.3. The fraction of sp³-hybridized carbons (Fsp3) is 0.125. The number of ether oxygens (including phenoxy) is 2. The normalized spacial score (nSPS) is 9.73. The van der Waals surface area contributed by atoms with Crippen molar-refractivity contribution in [1.29, 1.82) is 0 Å². The third kappa shape index (κ3) is 3.99. The van der Waals surface area contributed by atoms with E-state index in [9.17, 15) is 9.59 Å². The molecule has 22 heavy (non-hydrogen) atoms. The molecule has 0 bridgehead atoms. The molecular formula is C16H16N2O4. The molecule has 0 fully saturated rings. The Morgan fingerprint density at radius 1 is 1.09 bits per heavy atom. The highest BCUT2D eigenvalue weighted by molar-refractivity contribution is 6.00. The van der Waals surface area contributed by atoms with Gasteiger partial charge < -0.3 is 20.1 Å². The lowest BCUT2D eigenvalue weighted by Gasteiger charge is -2.10. The van der Waals surface area contributed by atoms with Gasteiger partial charge in [-0.1, -0.05) is 12.1 Å². The van der Waals surface area contributed by atoms with E-state index in [2.05, 4.69) is 10.6 Å². The minimum absolute atomic E-state index is 0.350. The van der Waals surface area contributed by atoms with Gasteiger partial charge in [-0.3, -0.25) is 4.79 Å². The highest BCUT2D eigenvalue weighted by Gasteiger charge is 2.06. The van der Waals surface area contributed by atoms with Gasteiger partial charge in [-0.15, -0.1) is 0 Å². The Bertz CT molecular complexity index is 686. The molecule has 0 saturated heterocycles. The summed E-state index contributed by atoms with van der Waals surface area (Å²) in [6.45, 7) is 2.15. The van der Waals surface area contributed by atoms with Gasteiger partial charge in [0, 0.05) is 23.5 Å². The second-order valence-electron chi connectivity index (χ2n) is 4.51. The van der Waals surface area contributed by atoms with Crippen LogP contribution in [0.4, 0.5) is 16.2 Å². The molecule has 114 valence electrons. The number of urea groups is 1. The van der Waals surface area contributed by atoms with Crippen molar-refractivity contribution in [3.8, 4) is 11.5 Å². The van der Waals surface area contributed by atoms with Gasteiger partial charge >= 0.3 is 6.03 Å². The molecule has 0 unspecified atom stereocenters. The number of nitrogens with one attached hydrogen (secondary N) is 2. The Morgan fingerprint density at radius 2 is 1.82 bits per heavy atom. The van der Waals surface area contributed by atoms with Gasteiger partial charge in [-0.25, -0.2) is 4.79 Å². The van der Waals surface area contributed by atoms with E-state index in [0.717, 1.165) is 5.56 Å². The van der Waals surface area contributed by atoms with Gasteiger partial charge in [0.05, 0.1) is 7.11 Å². The Morgan fingerprint density at radius 3 is 2.50 bits per heavy atom. The van der Waals surface area contributed by atoms with Crippen LogP contribution >= 0.6 is 0 Å². The molecule has 0 aliphatic heterocycles. The lowest BCUT2D eigenvalue weighted by Crippen LogP contribution is -2.19. The first-order chi connectivity index (χ1) is 10.6. The minimum Gasteiger partial charge on any atom is -0.497 e. The summed E-state index contributed by atoms with van der Waals surface area (Å²) in [7, 11) is 1.56. The number of rotatable bonds is 5. The van der Waals surface area contributed by atoms with E-state index >= 15 is 0 Å². The van der Waals surface area contributed by atoms with Crippen LogP contribution in [0, 0.1) is 6.92 Å². The van der Waals surface area contributed by atoms with Gasteiger partial charge in [0.2, 0.25) is 0 Å². The fourth-order valence-corrected chi connectivity index (χ4v) is 1.85. The molecule has 6 heteroatoms. The third-order valence-electron chi connectivity index (χ3n) is 2.95. The molecule has 0 heterocycles. The number of carbonyl (C=O) groups excluding carboxylic acids is 2. The molecule has 0 saturated carbocycles. The van der Waals surface area contributed by atoms with Crippen molar-refractivity contribution in [2.45, 2.75) is 6.92 Å². The molecule has 0 aromatic heterocycles. The summed E-state index contributed by atoms with van der Waals surface area (Å²) in [4.78, 5) is 22.4. The van der Waals surface area contributed by atoms with E-state index < -0.39 is 6.03 Å². The van der Waals surface area contributed by atoms with E-state index in [1.54, 1.807) is 56.5 Å². The smallest absolute Gasteiger partial charge is 0.323 e. The van der Waals surface area contributed by atoms with Crippen LogP contribution in [-0.4, -0.2) is 19.6 Å². The first-order valence-electron chi connectivity index (χ1n) is 6.55. The van der Waals surface area contributed by atoms with E-state index in [1.807, 2.05) is 0 Å². The van der Waals surface area contributed by atoms with Crippen molar-refractivity contribution < 1.29 is 19.1 Å². The zero-order valence-corrected chi connectivity index (χ0v) is 12.3. The Hall–Kier alpha value is -3.02. The highest BCUT2D eigenvalue weighted by Crippen LogP contribution is 2.22. The van der Waals surface area contributed by atoms with Crippen LogP contribution in [0.3, 0.4) is 0 Å². The molecule has 2 rings (SSSR count). The largest absolute Gasteiger partial charge is 0.497 e. The average molecular weight is 300 g/mol. The molecule has 2 aromatic rings. The van der Waals surface area contributed by atoms with Crippen molar-refractivity contribution in [2.75, 3.05) is 17.7 Å². The molecule has 0 atom stereocenters. The molecule has 2 aromatic carbocycles. The van der Waals surface area contributed by atoms with Gasteiger partial charge in [-0.2, -0.15) is 0 Å². The monoisotopic (exact) mass is 300 g/mol. The number of methoxy groups -OCH3 is 1. The van der Waals surface area contributed by atoms with Crippen LogP contribution in [0.15, 0.2) is 42.5 Å². The standard InChI is InChI=1S/C16H16N2O4/c1-11-6-7-13(9-15(11)22-10-19)18-16(20)17-12-4-3-5-14(8-12)21-2/h3-10H,1-2H3,(H2,17,18,20). The van der Waals surface area contributed by atoms with Crippen LogP contribution in [-0.2, 0) is 4.79 Å². The quantitative estimate of drug-likeness (QED) is 0.831. The van der Waals surface area contributed by atoms with Crippen LogP contribution in [0.2, 0.25) is 0 Å². The predicted octanol–water partition coefficient (Wildman–Crippen LogP) is 3.18. The summed E-state index contributed by atoms with van der Waals surface area (Å²) in [6.07, 6.45) is 0. The number of carbonyl (C=O) groups is 2. The van der Waals surface area contributed by atoms with Gasteiger partial charge in [0.25, 0.3) is 6.47 Å². The summed E-state index contributed by atoms with van der Waals surface area (Å²) < 4.78 is 9.93. The molecule has 2 amide bonds. The second-order valence-corrected chi connectivity index (χ2v) is 4.51. The number of amides is 2. The molecular weight excluding hydrogens is 284 g/mol. The molecule has 6 nitrogen and oxygen atoms in total. The lowest BCUT2D eigenvalue weighted by atomic mass is 10.2. The first kappa shape index (κ1) is 15.4. The molecule has 0 spiro atoms. The van der Waals surface area contributed by atoms with Crippen LogP contribution in [0.25, 0.3) is 0 Å². The Kier molecular flexibility index (Phi) is 4.98. The van der Waals surface area contributed by atoms with Crippen molar-refractivity contribution >= 4 is 23.9 Å². The van der Waals surface area contributed by atoms with E-state index in [1.165, 1.54) is 0 Å². The molecule has 0 aliphatic rings. The highest BCUT2D eigenvalue weighted by atomic mass is 16.5. The first-order valence-corrected chi connectivity index (χ1v) is 6.55. The second kappa shape index (κ2) is 7.12. The molecule has 0 aliphatic carbocycles. The van der Waals surface area contributed by atoms with Gasteiger partial charge in [0.15, 0.2) is 0 Å². The van der Waals surface area contributed by atoms with E-state index in [4.69, 9.17) is 9.47 Å². The number of hydrogen-bond acceptors (Lipinski definition) is 4. The van der Waals surface area contributed by atoms with E-state index in [0.29, 0.717) is 29.3 Å². The Labute approximate surface area is 128 Å².